The van der Waals surface area contributed by atoms with Gasteiger partial charge in [0.05, 0.1) is 6.42 Å². The molecular weight excluding hydrogens is 206 g/mol. The van der Waals surface area contributed by atoms with Crippen LogP contribution in [0.1, 0.15) is 18.4 Å². The van der Waals surface area contributed by atoms with Crippen LogP contribution >= 0.6 is 0 Å². The molecule has 0 aliphatic heterocycles. The fourth-order valence-corrected chi connectivity index (χ4v) is 1.08. The molecule has 84 valence electrons. The highest BCUT2D eigenvalue weighted by Crippen LogP contribution is 2.13. The first-order valence-electron chi connectivity index (χ1n) is 4.83. The van der Waals surface area contributed by atoms with E-state index in [0.29, 0.717) is 5.75 Å². The number of rotatable bonds is 5. The third-order valence-electron chi connectivity index (χ3n) is 1.92. The van der Waals surface area contributed by atoms with E-state index in [1.165, 1.54) is 0 Å². The van der Waals surface area contributed by atoms with Crippen LogP contribution in [0.5, 0.6) is 5.75 Å². The summed E-state index contributed by atoms with van der Waals surface area (Å²) in [6.07, 6.45) is 1.70. The number of carbonyl (C=O) groups excluding carboxylic acids is 2. The molecule has 0 spiro atoms. The molecule has 4 nitrogen and oxygen atoms in total. The van der Waals surface area contributed by atoms with E-state index in [1.54, 1.807) is 30.3 Å². The Bertz CT molecular complexity index is 395. The molecule has 0 heterocycles. The van der Waals surface area contributed by atoms with Crippen molar-refractivity contribution in [2.45, 2.75) is 12.8 Å². The predicted molar refractivity (Wildman–Crippen MR) is 60.6 cm³/mol. The summed E-state index contributed by atoms with van der Waals surface area (Å²) in [7, 11) is 0. The van der Waals surface area contributed by atoms with E-state index in [1.807, 2.05) is 0 Å². The van der Waals surface area contributed by atoms with Crippen LogP contribution in [-0.2, 0) is 9.59 Å². The van der Waals surface area contributed by atoms with E-state index in [9.17, 15) is 9.59 Å². The monoisotopic (exact) mass is 219 g/mol. The second-order valence-electron chi connectivity index (χ2n) is 3.21. The first kappa shape index (κ1) is 12.0. The number of ether oxygens (including phenoxy) is 1. The van der Waals surface area contributed by atoms with Crippen LogP contribution in [0.15, 0.2) is 30.8 Å². The van der Waals surface area contributed by atoms with Crippen LogP contribution in [-0.4, -0.2) is 11.9 Å². The fraction of sp³-hybridized carbons (Fsp3) is 0.167. The summed E-state index contributed by atoms with van der Waals surface area (Å²) in [4.78, 5) is 21.7. The lowest BCUT2D eigenvalue weighted by Crippen LogP contribution is -2.15. The second-order valence-corrected chi connectivity index (χ2v) is 3.21. The standard InChI is InChI=1S/C12H13NO3/c1-2-9-3-5-10(6-4-9)16-12(15)8-7-11(13)14/h2-6H,1,7-8H2,(H2,13,14). The lowest BCUT2D eigenvalue weighted by atomic mass is 10.2. The molecule has 0 saturated heterocycles. The zero-order valence-electron chi connectivity index (χ0n) is 8.81. The van der Waals surface area contributed by atoms with E-state index < -0.39 is 11.9 Å². The van der Waals surface area contributed by atoms with Crippen molar-refractivity contribution in [1.29, 1.82) is 0 Å². The largest absolute Gasteiger partial charge is 0.427 e. The minimum Gasteiger partial charge on any atom is -0.427 e. The quantitative estimate of drug-likeness (QED) is 0.602. The molecule has 4 heteroatoms. The van der Waals surface area contributed by atoms with Crippen molar-refractivity contribution in [3.63, 3.8) is 0 Å². The number of esters is 1. The van der Waals surface area contributed by atoms with E-state index in [2.05, 4.69) is 6.58 Å². The van der Waals surface area contributed by atoms with Crippen molar-refractivity contribution < 1.29 is 14.3 Å². The summed E-state index contributed by atoms with van der Waals surface area (Å²) in [5.41, 5.74) is 5.86. The number of carbonyl (C=O) groups is 2. The van der Waals surface area contributed by atoms with Gasteiger partial charge in [0.1, 0.15) is 5.75 Å². The lowest BCUT2D eigenvalue weighted by molar-refractivity contribution is -0.136. The molecule has 0 saturated carbocycles. The Hall–Kier alpha value is -2.10. The van der Waals surface area contributed by atoms with Crippen LogP contribution in [0.3, 0.4) is 0 Å². The molecule has 1 aromatic carbocycles. The normalized spacial score (nSPS) is 9.50. The van der Waals surface area contributed by atoms with Gasteiger partial charge >= 0.3 is 5.97 Å². The zero-order valence-corrected chi connectivity index (χ0v) is 8.81. The Kier molecular flexibility index (Phi) is 4.27. The fourth-order valence-electron chi connectivity index (χ4n) is 1.08. The SMILES string of the molecule is C=Cc1ccc(OC(=O)CCC(N)=O)cc1. The third-order valence-corrected chi connectivity index (χ3v) is 1.92. The Balaban J connectivity index is 2.49. The van der Waals surface area contributed by atoms with Gasteiger partial charge in [-0.1, -0.05) is 24.8 Å². The van der Waals surface area contributed by atoms with Crippen LogP contribution in [0.4, 0.5) is 0 Å². The number of hydrogen-bond acceptors (Lipinski definition) is 3. The van der Waals surface area contributed by atoms with E-state index >= 15 is 0 Å². The summed E-state index contributed by atoms with van der Waals surface area (Å²) < 4.78 is 4.98. The smallest absolute Gasteiger partial charge is 0.311 e. The van der Waals surface area contributed by atoms with E-state index in [0.717, 1.165) is 5.56 Å². The maximum absolute atomic E-state index is 11.2. The van der Waals surface area contributed by atoms with Crippen molar-refractivity contribution in [3.8, 4) is 5.75 Å². The lowest BCUT2D eigenvalue weighted by Gasteiger charge is -2.03. The topological polar surface area (TPSA) is 69.4 Å². The first-order valence-corrected chi connectivity index (χ1v) is 4.83. The number of nitrogens with two attached hydrogens (primary N) is 1. The molecule has 0 radical (unpaired) electrons. The van der Waals surface area contributed by atoms with Crippen molar-refractivity contribution in [2.24, 2.45) is 5.73 Å². The highest BCUT2D eigenvalue weighted by molar-refractivity contribution is 5.80. The van der Waals surface area contributed by atoms with Crippen LogP contribution in [0.2, 0.25) is 0 Å². The van der Waals surface area contributed by atoms with Crippen LogP contribution < -0.4 is 10.5 Å². The molecule has 1 aromatic rings. The molecule has 1 rings (SSSR count). The number of amides is 1. The van der Waals surface area contributed by atoms with Gasteiger partial charge < -0.3 is 10.5 Å². The Morgan fingerprint density at radius 3 is 2.38 bits per heavy atom. The van der Waals surface area contributed by atoms with Crippen molar-refractivity contribution in [3.05, 3.63) is 36.4 Å². The molecule has 0 fully saturated rings. The van der Waals surface area contributed by atoms with Gasteiger partial charge in [-0.2, -0.15) is 0 Å². The molecule has 16 heavy (non-hydrogen) atoms. The van der Waals surface area contributed by atoms with Crippen molar-refractivity contribution in [1.82, 2.24) is 0 Å². The molecule has 0 aliphatic carbocycles. The highest BCUT2D eigenvalue weighted by Gasteiger charge is 2.06. The average molecular weight is 219 g/mol. The zero-order chi connectivity index (χ0) is 12.0. The Labute approximate surface area is 93.7 Å². The number of benzene rings is 1. The maximum atomic E-state index is 11.2. The van der Waals surface area contributed by atoms with Crippen LogP contribution in [0, 0.1) is 0 Å². The van der Waals surface area contributed by atoms with Gasteiger partial charge in [-0.25, -0.2) is 0 Å². The number of hydrogen-bond donors (Lipinski definition) is 1. The van der Waals surface area contributed by atoms with E-state index in [4.69, 9.17) is 10.5 Å². The first-order chi connectivity index (χ1) is 7.61. The average Bonchev–Trinajstić information content (AvgIpc) is 2.27. The molecular formula is C12H13NO3. The van der Waals surface area contributed by atoms with Crippen molar-refractivity contribution in [2.75, 3.05) is 0 Å². The summed E-state index contributed by atoms with van der Waals surface area (Å²) >= 11 is 0. The van der Waals surface area contributed by atoms with E-state index in [-0.39, 0.29) is 12.8 Å². The molecule has 0 aromatic heterocycles. The second kappa shape index (κ2) is 5.70. The highest BCUT2D eigenvalue weighted by atomic mass is 16.5. The minimum absolute atomic E-state index is 0.00145. The summed E-state index contributed by atoms with van der Waals surface area (Å²) in [6.45, 7) is 3.61. The van der Waals surface area contributed by atoms with Gasteiger partial charge in [-0.15, -0.1) is 0 Å². The molecule has 0 atom stereocenters. The van der Waals surface area contributed by atoms with Gasteiger partial charge in [0.25, 0.3) is 0 Å². The van der Waals surface area contributed by atoms with Crippen LogP contribution in [0.25, 0.3) is 6.08 Å². The molecule has 0 bridgehead atoms. The molecule has 0 aliphatic rings. The molecule has 1 amide bonds. The molecule has 0 unspecified atom stereocenters. The van der Waals surface area contributed by atoms with Crippen molar-refractivity contribution >= 4 is 18.0 Å². The van der Waals surface area contributed by atoms with Gasteiger partial charge in [0.15, 0.2) is 0 Å². The number of primary amides is 1. The molecule has 2 N–H and O–H groups in total. The van der Waals surface area contributed by atoms with Gasteiger partial charge in [-0.05, 0) is 17.7 Å². The summed E-state index contributed by atoms with van der Waals surface area (Å²) in [5.74, 6) is -0.538. The minimum atomic E-state index is -0.515. The Morgan fingerprint density at radius 1 is 1.25 bits per heavy atom. The van der Waals surface area contributed by atoms with Gasteiger partial charge in [-0.3, -0.25) is 9.59 Å². The summed E-state index contributed by atoms with van der Waals surface area (Å²) in [6, 6.07) is 6.89. The van der Waals surface area contributed by atoms with Gasteiger partial charge in [0.2, 0.25) is 5.91 Å². The maximum Gasteiger partial charge on any atom is 0.311 e. The van der Waals surface area contributed by atoms with Gasteiger partial charge in [0, 0.05) is 6.42 Å². The third kappa shape index (κ3) is 3.96. The summed E-state index contributed by atoms with van der Waals surface area (Å²) in [5, 5.41) is 0. The Morgan fingerprint density at radius 2 is 1.88 bits per heavy atom. The predicted octanol–water partition coefficient (Wildman–Crippen LogP) is 1.50.